The van der Waals surface area contributed by atoms with E-state index in [4.69, 9.17) is 33.0 Å². The minimum absolute atomic E-state index is 0.229. The molecule has 2 aromatic rings. The van der Waals surface area contributed by atoms with Gasteiger partial charge in [-0.3, -0.25) is 0 Å². The van der Waals surface area contributed by atoms with E-state index in [1.165, 1.54) is 12.1 Å². The SMILES string of the molecule is O=C(O)C(O)c1ccc(OCc2cnc(Cl)c(Cl)c2)cc1. The molecule has 0 aliphatic rings. The van der Waals surface area contributed by atoms with Crippen LogP contribution in [0.2, 0.25) is 10.2 Å². The highest BCUT2D eigenvalue weighted by Crippen LogP contribution is 2.22. The number of hydrogen-bond acceptors (Lipinski definition) is 4. The molecular weight excluding hydrogens is 317 g/mol. The molecule has 1 heterocycles. The van der Waals surface area contributed by atoms with Crippen LogP contribution in [0.15, 0.2) is 36.5 Å². The summed E-state index contributed by atoms with van der Waals surface area (Å²) in [6.45, 7) is 0.241. The average Bonchev–Trinajstić information content (AvgIpc) is 2.48. The largest absolute Gasteiger partial charge is 0.489 e. The molecule has 7 heteroatoms. The van der Waals surface area contributed by atoms with Crippen molar-refractivity contribution in [1.29, 1.82) is 0 Å². The second-order valence-electron chi connectivity index (χ2n) is 4.21. The third kappa shape index (κ3) is 4.07. The quantitative estimate of drug-likeness (QED) is 0.825. The molecule has 0 radical (unpaired) electrons. The van der Waals surface area contributed by atoms with Crippen LogP contribution in [0.4, 0.5) is 0 Å². The molecule has 0 spiro atoms. The number of benzene rings is 1. The third-order valence-corrected chi connectivity index (χ3v) is 3.37. The minimum Gasteiger partial charge on any atom is -0.489 e. The number of ether oxygens (including phenoxy) is 1. The molecule has 0 fully saturated rings. The van der Waals surface area contributed by atoms with Gasteiger partial charge >= 0.3 is 5.97 Å². The first-order chi connectivity index (χ1) is 9.97. The van der Waals surface area contributed by atoms with Crippen molar-refractivity contribution in [2.45, 2.75) is 12.7 Å². The summed E-state index contributed by atoms with van der Waals surface area (Å²) in [6.07, 6.45) is 0.00913. The molecule has 0 saturated heterocycles. The van der Waals surface area contributed by atoms with E-state index in [2.05, 4.69) is 4.98 Å². The maximum atomic E-state index is 10.6. The van der Waals surface area contributed by atoms with Crippen molar-refractivity contribution in [2.75, 3.05) is 0 Å². The van der Waals surface area contributed by atoms with Crippen molar-refractivity contribution in [1.82, 2.24) is 4.98 Å². The molecule has 0 bridgehead atoms. The molecule has 110 valence electrons. The minimum atomic E-state index is -1.54. The number of carbonyl (C=O) groups is 1. The number of carboxylic acids is 1. The van der Waals surface area contributed by atoms with Crippen LogP contribution in [0.1, 0.15) is 17.2 Å². The second-order valence-corrected chi connectivity index (χ2v) is 4.98. The van der Waals surface area contributed by atoms with Gasteiger partial charge in [-0.1, -0.05) is 35.3 Å². The summed E-state index contributed by atoms with van der Waals surface area (Å²) in [7, 11) is 0. The van der Waals surface area contributed by atoms with Gasteiger partial charge in [-0.25, -0.2) is 9.78 Å². The number of aliphatic carboxylic acids is 1. The lowest BCUT2D eigenvalue weighted by Crippen LogP contribution is -2.10. The predicted octanol–water partition coefficient (Wildman–Crippen LogP) is 3.09. The highest BCUT2D eigenvalue weighted by Gasteiger charge is 2.15. The zero-order valence-electron chi connectivity index (χ0n) is 10.7. The van der Waals surface area contributed by atoms with Gasteiger partial charge in [-0.15, -0.1) is 0 Å². The summed E-state index contributed by atoms with van der Waals surface area (Å²) in [6, 6.07) is 7.78. The number of carboxylic acid groups (broad SMARTS) is 1. The molecule has 0 amide bonds. The standard InChI is InChI=1S/C14H11Cl2NO4/c15-11-5-8(6-17-13(11)16)7-21-10-3-1-9(2-4-10)12(18)14(19)20/h1-6,12,18H,7H2,(H,19,20). The fraction of sp³-hybridized carbons (Fsp3) is 0.143. The van der Waals surface area contributed by atoms with Gasteiger partial charge in [0.2, 0.25) is 0 Å². The predicted molar refractivity (Wildman–Crippen MR) is 77.6 cm³/mol. The maximum absolute atomic E-state index is 10.6. The van der Waals surface area contributed by atoms with E-state index in [9.17, 15) is 9.90 Å². The lowest BCUT2D eigenvalue weighted by atomic mass is 10.1. The van der Waals surface area contributed by atoms with E-state index >= 15 is 0 Å². The second kappa shape index (κ2) is 6.76. The highest BCUT2D eigenvalue weighted by atomic mass is 35.5. The number of nitrogens with zero attached hydrogens (tertiary/aromatic N) is 1. The van der Waals surface area contributed by atoms with E-state index in [1.807, 2.05) is 0 Å². The summed E-state index contributed by atoms with van der Waals surface area (Å²) in [5.41, 5.74) is 1.03. The van der Waals surface area contributed by atoms with E-state index in [0.717, 1.165) is 5.56 Å². The van der Waals surface area contributed by atoms with Crippen LogP contribution in [0.25, 0.3) is 0 Å². The first kappa shape index (κ1) is 15.6. The van der Waals surface area contributed by atoms with Gasteiger partial charge in [0, 0.05) is 11.8 Å². The zero-order valence-corrected chi connectivity index (χ0v) is 12.2. The Hall–Kier alpha value is -1.82. The Bertz CT molecular complexity index is 646. The Balaban J connectivity index is 2.00. The fourth-order valence-corrected chi connectivity index (χ4v) is 1.89. The summed E-state index contributed by atoms with van der Waals surface area (Å²) in [5.74, 6) is -0.770. The molecule has 2 N–H and O–H groups in total. The summed E-state index contributed by atoms with van der Waals surface area (Å²) >= 11 is 11.6. The normalized spacial score (nSPS) is 12.0. The highest BCUT2D eigenvalue weighted by molar-refractivity contribution is 6.41. The van der Waals surface area contributed by atoms with E-state index in [0.29, 0.717) is 10.8 Å². The molecule has 0 aliphatic heterocycles. The van der Waals surface area contributed by atoms with Crippen LogP contribution >= 0.6 is 23.2 Å². The van der Waals surface area contributed by atoms with E-state index in [1.54, 1.807) is 24.4 Å². The number of aliphatic hydroxyl groups is 1. The monoisotopic (exact) mass is 327 g/mol. The third-order valence-electron chi connectivity index (χ3n) is 2.69. The maximum Gasteiger partial charge on any atom is 0.337 e. The summed E-state index contributed by atoms with van der Waals surface area (Å²) in [4.78, 5) is 14.5. The lowest BCUT2D eigenvalue weighted by Gasteiger charge is -2.09. The number of halogens is 2. The van der Waals surface area contributed by atoms with Crippen LogP contribution in [0, 0.1) is 0 Å². The molecule has 2 rings (SSSR count). The molecule has 5 nitrogen and oxygen atoms in total. The lowest BCUT2D eigenvalue weighted by molar-refractivity contribution is -0.146. The van der Waals surface area contributed by atoms with E-state index < -0.39 is 12.1 Å². The Morgan fingerprint density at radius 3 is 2.52 bits per heavy atom. The molecule has 21 heavy (non-hydrogen) atoms. The Morgan fingerprint density at radius 2 is 1.95 bits per heavy atom. The van der Waals surface area contributed by atoms with Gasteiger partial charge in [0.15, 0.2) is 6.10 Å². The Morgan fingerprint density at radius 1 is 1.29 bits per heavy atom. The van der Waals surface area contributed by atoms with Gasteiger partial charge in [-0.05, 0) is 23.8 Å². The van der Waals surface area contributed by atoms with Crippen LogP contribution < -0.4 is 4.74 Å². The van der Waals surface area contributed by atoms with Crippen molar-refractivity contribution >= 4 is 29.2 Å². The first-order valence-corrected chi connectivity index (χ1v) is 6.66. The molecule has 1 aromatic carbocycles. The van der Waals surface area contributed by atoms with Gasteiger partial charge in [0.1, 0.15) is 17.5 Å². The molecule has 1 atom stereocenters. The van der Waals surface area contributed by atoms with Crippen molar-refractivity contribution in [3.8, 4) is 5.75 Å². The number of aliphatic hydroxyl groups excluding tert-OH is 1. The topological polar surface area (TPSA) is 79.7 Å². The van der Waals surface area contributed by atoms with Crippen LogP contribution in [0.5, 0.6) is 5.75 Å². The van der Waals surface area contributed by atoms with Crippen LogP contribution in [-0.2, 0) is 11.4 Å². The van der Waals surface area contributed by atoms with Crippen molar-refractivity contribution in [3.63, 3.8) is 0 Å². The van der Waals surface area contributed by atoms with Crippen LogP contribution in [0.3, 0.4) is 0 Å². The van der Waals surface area contributed by atoms with Crippen molar-refractivity contribution < 1.29 is 19.7 Å². The van der Waals surface area contributed by atoms with Gasteiger partial charge in [0.05, 0.1) is 5.02 Å². The van der Waals surface area contributed by atoms with Crippen molar-refractivity contribution in [2.24, 2.45) is 0 Å². The number of rotatable bonds is 5. The molecular formula is C14H11Cl2NO4. The van der Waals surface area contributed by atoms with E-state index in [-0.39, 0.29) is 17.3 Å². The fourth-order valence-electron chi connectivity index (χ4n) is 1.60. The van der Waals surface area contributed by atoms with Crippen molar-refractivity contribution in [3.05, 3.63) is 57.8 Å². The van der Waals surface area contributed by atoms with Gasteiger partial charge in [-0.2, -0.15) is 0 Å². The Labute approximate surface area is 130 Å². The molecule has 0 aliphatic carbocycles. The zero-order chi connectivity index (χ0) is 15.4. The molecule has 1 aromatic heterocycles. The first-order valence-electron chi connectivity index (χ1n) is 5.91. The Kier molecular flexibility index (Phi) is 5.01. The average molecular weight is 328 g/mol. The number of hydrogen-bond donors (Lipinski definition) is 2. The summed E-state index contributed by atoms with van der Waals surface area (Å²) < 4.78 is 5.51. The number of aromatic nitrogens is 1. The van der Waals surface area contributed by atoms with Gasteiger partial charge in [0.25, 0.3) is 0 Å². The molecule has 1 unspecified atom stereocenters. The summed E-state index contributed by atoms with van der Waals surface area (Å²) in [5, 5.41) is 18.6. The number of pyridine rings is 1. The smallest absolute Gasteiger partial charge is 0.337 e. The van der Waals surface area contributed by atoms with Crippen LogP contribution in [-0.4, -0.2) is 21.2 Å². The van der Waals surface area contributed by atoms with Gasteiger partial charge < -0.3 is 14.9 Å². The molecule has 0 saturated carbocycles.